The van der Waals surface area contributed by atoms with E-state index < -0.39 is 0 Å². The molecule has 0 spiro atoms. The lowest BCUT2D eigenvalue weighted by atomic mass is 10.0. The van der Waals surface area contributed by atoms with Crippen LogP contribution in [0.3, 0.4) is 0 Å². The Morgan fingerprint density at radius 1 is 1.42 bits per heavy atom. The molecule has 0 aliphatic carbocycles. The van der Waals surface area contributed by atoms with Gasteiger partial charge in [-0.2, -0.15) is 0 Å². The maximum Gasteiger partial charge on any atom is 0.191 e. The normalized spacial score (nSPS) is 19.2. The lowest BCUT2D eigenvalue weighted by Gasteiger charge is -2.33. The average molecular weight is 465 g/mol. The minimum absolute atomic E-state index is 0. The molecule has 5 nitrogen and oxygen atoms in total. The molecule has 138 valence electrons. The number of hydrogen-bond donors (Lipinski definition) is 2. The Bertz CT molecular complexity index is 503. The molecule has 0 saturated carbocycles. The maximum absolute atomic E-state index is 4.64. The number of aromatic nitrogens is 1. The first-order valence-electron chi connectivity index (χ1n) is 8.73. The van der Waals surface area contributed by atoms with Crippen molar-refractivity contribution in [1.29, 1.82) is 0 Å². The summed E-state index contributed by atoms with van der Waals surface area (Å²) >= 11 is 1.71. The van der Waals surface area contributed by atoms with E-state index in [0.29, 0.717) is 12.0 Å². The van der Waals surface area contributed by atoms with Crippen molar-refractivity contribution >= 4 is 41.3 Å². The highest BCUT2D eigenvalue weighted by Crippen LogP contribution is 2.17. The predicted molar refractivity (Wildman–Crippen MR) is 115 cm³/mol. The van der Waals surface area contributed by atoms with Gasteiger partial charge < -0.3 is 10.6 Å². The average Bonchev–Trinajstić information content (AvgIpc) is 3.01. The van der Waals surface area contributed by atoms with Crippen molar-refractivity contribution in [1.82, 2.24) is 20.5 Å². The summed E-state index contributed by atoms with van der Waals surface area (Å²) in [6.45, 7) is 10.7. The minimum atomic E-state index is 0. The number of thiazole rings is 1. The zero-order valence-corrected chi connectivity index (χ0v) is 18.5. The molecule has 24 heavy (non-hydrogen) atoms. The molecule has 0 aromatic carbocycles. The smallest absolute Gasteiger partial charge is 0.191 e. The van der Waals surface area contributed by atoms with E-state index in [1.165, 1.54) is 31.5 Å². The van der Waals surface area contributed by atoms with Crippen LogP contribution in [-0.2, 0) is 6.54 Å². The fourth-order valence-corrected chi connectivity index (χ4v) is 3.75. The number of aliphatic imine (C=N–C) groups is 1. The van der Waals surface area contributed by atoms with Gasteiger partial charge in [0, 0.05) is 31.6 Å². The van der Waals surface area contributed by atoms with Gasteiger partial charge in [-0.3, -0.25) is 9.89 Å². The topological polar surface area (TPSA) is 52.6 Å². The lowest BCUT2D eigenvalue weighted by molar-refractivity contribution is 0.163. The van der Waals surface area contributed by atoms with Gasteiger partial charge in [-0.1, -0.05) is 20.3 Å². The van der Waals surface area contributed by atoms with Crippen LogP contribution < -0.4 is 10.6 Å². The number of rotatable bonds is 6. The number of nitrogens with zero attached hydrogens (tertiary/aromatic N) is 3. The van der Waals surface area contributed by atoms with Gasteiger partial charge in [0.15, 0.2) is 5.96 Å². The first kappa shape index (κ1) is 21.6. The van der Waals surface area contributed by atoms with E-state index in [-0.39, 0.29) is 24.0 Å². The number of halogens is 1. The molecule has 1 saturated heterocycles. The fraction of sp³-hybridized carbons (Fsp3) is 0.765. The van der Waals surface area contributed by atoms with Gasteiger partial charge in [-0.25, -0.2) is 4.98 Å². The molecule has 1 atom stereocenters. The zero-order valence-electron chi connectivity index (χ0n) is 15.3. The number of nitrogens with one attached hydrogen (secondary N) is 2. The number of piperidine rings is 1. The van der Waals surface area contributed by atoms with Gasteiger partial charge in [0.2, 0.25) is 0 Å². The second-order valence-electron chi connectivity index (χ2n) is 6.55. The summed E-state index contributed by atoms with van der Waals surface area (Å²) in [6.07, 6.45) is 4.04. The van der Waals surface area contributed by atoms with E-state index in [9.17, 15) is 0 Å². The number of hydrogen-bond acceptors (Lipinski definition) is 4. The zero-order chi connectivity index (χ0) is 16.7. The van der Waals surface area contributed by atoms with Gasteiger partial charge in [0.1, 0.15) is 5.01 Å². The maximum atomic E-state index is 4.64. The minimum Gasteiger partial charge on any atom is -0.355 e. The molecule has 0 amide bonds. The Labute approximate surface area is 167 Å². The van der Waals surface area contributed by atoms with Crippen LogP contribution in [0.15, 0.2) is 10.4 Å². The highest BCUT2D eigenvalue weighted by molar-refractivity contribution is 14.0. The third-order valence-electron chi connectivity index (χ3n) is 4.42. The molecule has 1 aliphatic rings. The standard InChI is InChI=1S/C17H31N5S.HI/c1-13(2)15-12-23-16(21-15)11-20-17(18-4)19-8-10-22-9-6-5-7-14(22)3;/h12-14H,5-11H2,1-4H3,(H2,18,19,20);1H. The van der Waals surface area contributed by atoms with Crippen molar-refractivity contribution in [2.75, 3.05) is 26.7 Å². The van der Waals surface area contributed by atoms with Crippen molar-refractivity contribution in [2.24, 2.45) is 4.99 Å². The molecule has 2 heterocycles. The second kappa shape index (κ2) is 11.3. The van der Waals surface area contributed by atoms with E-state index in [1.54, 1.807) is 11.3 Å². The number of guanidine groups is 1. The van der Waals surface area contributed by atoms with E-state index in [4.69, 9.17) is 0 Å². The Balaban J connectivity index is 0.00000288. The van der Waals surface area contributed by atoms with Crippen LogP contribution in [0, 0.1) is 0 Å². The van der Waals surface area contributed by atoms with Crippen LogP contribution in [0.1, 0.15) is 56.7 Å². The summed E-state index contributed by atoms with van der Waals surface area (Å²) in [4.78, 5) is 11.5. The highest BCUT2D eigenvalue weighted by Gasteiger charge is 2.17. The molecule has 0 radical (unpaired) electrons. The largest absolute Gasteiger partial charge is 0.355 e. The van der Waals surface area contributed by atoms with E-state index in [0.717, 1.165) is 30.6 Å². The highest BCUT2D eigenvalue weighted by atomic mass is 127. The van der Waals surface area contributed by atoms with Crippen LogP contribution in [0.5, 0.6) is 0 Å². The third kappa shape index (κ3) is 6.84. The Hall–Kier alpha value is -0.410. The van der Waals surface area contributed by atoms with Crippen molar-refractivity contribution in [3.8, 4) is 0 Å². The molecule has 2 N–H and O–H groups in total. The molecule has 1 aliphatic heterocycles. The fourth-order valence-electron chi connectivity index (χ4n) is 2.86. The van der Waals surface area contributed by atoms with E-state index >= 15 is 0 Å². The van der Waals surface area contributed by atoms with Crippen molar-refractivity contribution in [3.63, 3.8) is 0 Å². The lowest BCUT2D eigenvalue weighted by Crippen LogP contribution is -2.45. The molecule has 7 heteroatoms. The Kier molecular flexibility index (Phi) is 10.1. The summed E-state index contributed by atoms with van der Waals surface area (Å²) in [5.74, 6) is 1.35. The molecule has 1 fully saturated rings. The number of likely N-dealkylation sites (tertiary alicyclic amines) is 1. The first-order valence-corrected chi connectivity index (χ1v) is 9.61. The van der Waals surface area contributed by atoms with Gasteiger partial charge in [0.05, 0.1) is 12.2 Å². The second-order valence-corrected chi connectivity index (χ2v) is 7.50. The van der Waals surface area contributed by atoms with Crippen LogP contribution in [-0.4, -0.2) is 48.6 Å². The Morgan fingerprint density at radius 2 is 2.21 bits per heavy atom. The van der Waals surface area contributed by atoms with Crippen LogP contribution >= 0.6 is 35.3 Å². The van der Waals surface area contributed by atoms with E-state index in [1.807, 2.05) is 7.05 Å². The summed E-state index contributed by atoms with van der Waals surface area (Å²) in [5, 5.41) is 10.0. The summed E-state index contributed by atoms with van der Waals surface area (Å²) in [6, 6.07) is 0.713. The first-order chi connectivity index (χ1) is 11.1. The predicted octanol–water partition coefficient (Wildman–Crippen LogP) is 3.42. The molecule has 1 unspecified atom stereocenters. The molecule has 1 aromatic rings. The van der Waals surface area contributed by atoms with Crippen LogP contribution in [0.4, 0.5) is 0 Å². The van der Waals surface area contributed by atoms with Gasteiger partial charge >= 0.3 is 0 Å². The summed E-state index contributed by atoms with van der Waals surface area (Å²) in [7, 11) is 1.82. The quantitative estimate of drug-likeness (QED) is 0.384. The van der Waals surface area contributed by atoms with Gasteiger partial charge in [0.25, 0.3) is 0 Å². The molecule has 2 rings (SSSR count). The van der Waals surface area contributed by atoms with Gasteiger partial charge in [-0.05, 0) is 32.2 Å². The molecule has 1 aromatic heterocycles. The van der Waals surface area contributed by atoms with Crippen molar-refractivity contribution < 1.29 is 0 Å². The monoisotopic (exact) mass is 465 g/mol. The third-order valence-corrected chi connectivity index (χ3v) is 5.29. The summed E-state index contributed by atoms with van der Waals surface area (Å²) in [5.41, 5.74) is 1.17. The van der Waals surface area contributed by atoms with Crippen molar-refractivity contribution in [3.05, 3.63) is 16.1 Å². The Morgan fingerprint density at radius 3 is 2.83 bits per heavy atom. The van der Waals surface area contributed by atoms with Crippen molar-refractivity contribution in [2.45, 2.75) is 58.5 Å². The van der Waals surface area contributed by atoms with Crippen LogP contribution in [0.2, 0.25) is 0 Å². The molecular formula is C17H32IN5S. The molecule has 0 bridgehead atoms. The van der Waals surface area contributed by atoms with E-state index in [2.05, 4.69) is 51.7 Å². The molecular weight excluding hydrogens is 433 g/mol. The SMILES string of the molecule is CN=C(NCCN1CCCCC1C)NCc1nc(C(C)C)cs1.I. The summed E-state index contributed by atoms with van der Waals surface area (Å²) < 4.78 is 0. The van der Waals surface area contributed by atoms with Crippen LogP contribution in [0.25, 0.3) is 0 Å². The van der Waals surface area contributed by atoms with Gasteiger partial charge in [-0.15, -0.1) is 35.3 Å².